The summed E-state index contributed by atoms with van der Waals surface area (Å²) in [5, 5.41) is 8.74. The summed E-state index contributed by atoms with van der Waals surface area (Å²) in [5.41, 5.74) is 2.52. The van der Waals surface area contributed by atoms with E-state index in [2.05, 4.69) is 10.3 Å². The van der Waals surface area contributed by atoms with Crippen LogP contribution in [0.1, 0.15) is 5.56 Å². The highest BCUT2D eigenvalue weighted by molar-refractivity contribution is 5.80. The third-order valence-electron chi connectivity index (χ3n) is 3.68. The molecule has 112 valence electrons. The highest BCUT2D eigenvalue weighted by atomic mass is 16.3. The maximum atomic E-state index is 12.6. The van der Waals surface area contributed by atoms with E-state index in [1.165, 1.54) is 6.26 Å². The fourth-order valence-electron chi connectivity index (χ4n) is 2.52. The van der Waals surface area contributed by atoms with Gasteiger partial charge in [-0.3, -0.25) is 4.79 Å². The van der Waals surface area contributed by atoms with Crippen molar-refractivity contribution in [1.82, 2.24) is 15.0 Å². The Morgan fingerprint density at radius 1 is 1.00 bits per heavy atom. The van der Waals surface area contributed by atoms with E-state index < -0.39 is 0 Å². The van der Waals surface area contributed by atoms with E-state index in [0.29, 0.717) is 28.8 Å². The van der Waals surface area contributed by atoms with Crippen molar-refractivity contribution in [3.05, 3.63) is 82.8 Å². The number of hydrogen-bond acceptors (Lipinski definition) is 4. The van der Waals surface area contributed by atoms with Gasteiger partial charge in [0.1, 0.15) is 17.5 Å². The molecule has 0 spiro atoms. The Hall–Kier alpha value is -3.21. The summed E-state index contributed by atoms with van der Waals surface area (Å²) < 4.78 is 7.24. The molecule has 23 heavy (non-hydrogen) atoms. The normalized spacial score (nSPS) is 11.0. The molecule has 0 fully saturated rings. The summed E-state index contributed by atoms with van der Waals surface area (Å²) in [4.78, 5) is 12.6. The van der Waals surface area contributed by atoms with Gasteiger partial charge in [-0.05, 0) is 17.7 Å². The van der Waals surface area contributed by atoms with Crippen LogP contribution in [0.5, 0.6) is 0 Å². The molecule has 0 saturated carbocycles. The maximum Gasteiger partial charge on any atom is 0.202 e. The van der Waals surface area contributed by atoms with Crippen LogP contribution in [0.4, 0.5) is 0 Å². The minimum absolute atomic E-state index is 0.0985. The predicted molar refractivity (Wildman–Crippen MR) is 87.0 cm³/mol. The summed E-state index contributed by atoms with van der Waals surface area (Å²) in [6.45, 7) is 0.604. The Labute approximate surface area is 131 Å². The standard InChI is InChI=1S/C18H13N3O2/c22-18-14-8-4-5-9-17(14)23-12-15(18)16-11-21(20-19-16)10-13-6-2-1-3-7-13/h1-9,11-12H,10H2. The molecule has 0 bridgehead atoms. The van der Waals surface area contributed by atoms with Gasteiger partial charge in [0.05, 0.1) is 23.7 Å². The molecule has 0 unspecified atom stereocenters. The molecule has 0 aliphatic carbocycles. The van der Waals surface area contributed by atoms with E-state index in [1.54, 1.807) is 23.0 Å². The first-order chi connectivity index (χ1) is 11.3. The van der Waals surface area contributed by atoms with Gasteiger partial charge in [0, 0.05) is 0 Å². The second-order valence-corrected chi connectivity index (χ2v) is 5.26. The van der Waals surface area contributed by atoms with Crippen molar-refractivity contribution in [3.63, 3.8) is 0 Å². The van der Waals surface area contributed by atoms with Crippen LogP contribution in [-0.4, -0.2) is 15.0 Å². The van der Waals surface area contributed by atoms with Crippen LogP contribution >= 0.6 is 0 Å². The zero-order valence-corrected chi connectivity index (χ0v) is 12.2. The second kappa shape index (κ2) is 5.53. The first-order valence-corrected chi connectivity index (χ1v) is 7.26. The van der Waals surface area contributed by atoms with E-state index in [1.807, 2.05) is 42.5 Å². The largest absolute Gasteiger partial charge is 0.463 e. The van der Waals surface area contributed by atoms with Crippen LogP contribution in [0.25, 0.3) is 22.2 Å². The predicted octanol–water partition coefficient (Wildman–Crippen LogP) is 3.10. The fraction of sp³-hybridized carbons (Fsp3) is 0.0556. The number of nitrogens with zero attached hydrogens (tertiary/aromatic N) is 3. The smallest absolute Gasteiger partial charge is 0.202 e. The molecule has 2 aromatic carbocycles. The summed E-state index contributed by atoms with van der Waals surface area (Å²) in [6.07, 6.45) is 3.20. The lowest BCUT2D eigenvalue weighted by Gasteiger charge is -2.00. The maximum absolute atomic E-state index is 12.6. The zero-order valence-electron chi connectivity index (χ0n) is 12.2. The van der Waals surface area contributed by atoms with E-state index >= 15 is 0 Å². The monoisotopic (exact) mass is 303 g/mol. The van der Waals surface area contributed by atoms with Gasteiger partial charge in [-0.2, -0.15) is 0 Å². The molecule has 4 rings (SSSR count). The van der Waals surface area contributed by atoms with Gasteiger partial charge in [-0.25, -0.2) is 4.68 Å². The van der Waals surface area contributed by atoms with Crippen molar-refractivity contribution in [2.75, 3.05) is 0 Å². The van der Waals surface area contributed by atoms with Gasteiger partial charge in [0.2, 0.25) is 5.43 Å². The molecule has 5 nitrogen and oxygen atoms in total. The van der Waals surface area contributed by atoms with Gasteiger partial charge in [0.25, 0.3) is 0 Å². The molecule has 2 heterocycles. The van der Waals surface area contributed by atoms with Gasteiger partial charge < -0.3 is 4.42 Å². The van der Waals surface area contributed by atoms with Crippen molar-refractivity contribution >= 4 is 11.0 Å². The summed E-state index contributed by atoms with van der Waals surface area (Å²) in [6, 6.07) is 17.1. The van der Waals surface area contributed by atoms with E-state index in [4.69, 9.17) is 4.42 Å². The Kier molecular flexibility index (Phi) is 3.24. The molecule has 0 N–H and O–H groups in total. The van der Waals surface area contributed by atoms with Crippen LogP contribution in [-0.2, 0) is 6.54 Å². The van der Waals surface area contributed by atoms with Gasteiger partial charge in [-0.1, -0.05) is 47.7 Å². The second-order valence-electron chi connectivity index (χ2n) is 5.26. The molecule has 0 aliphatic heterocycles. The van der Waals surface area contributed by atoms with Gasteiger partial charge in [-0.15, -0.1) is 5.10 Å². The topological polar surface area (TPSA) is 60.9 Å². The quantitative estimate of drug-likeness (QED) is 0.583. The third-order valence-corrected chi connectivity index (χ3v) is 3.68. The molecule has 0 aliphatic rings. The number of aromatic nitrogens is 3. The molecular weight excluding hydrogens is 290 g/mol. The van der Waals surface area contributed by atoms with Gasteiger partial charge >= 0.3 is 0 Å². The highest BCUT2D eigenvalue weighted by Crippen LogP contribution is 2.17. The highest BCUT2D eigenvalue weighted by Gasteiger charge is 2.12. The Morgan fingerprint density at radius 2 is 1.78 bits per heavy atom. The number of benzene rings is 2. The van der Waals surface area contributed by atoms with Gasteiger partial charge in [0.15, 0.2) is 0 Å². The zero-order chi connectivity index (χ0) is 15.6. The van der Waals surface area contributed by atoms with Crippen molar-refractivity contribution in [2.24, 2.45) is 0 Å². The van der Waals surface area contributed by atoms with Crippen molar-refractivity contribution < 1.29 is 4.42 Å². The lowest BCUT2D eigenvalue weighted by Crippen LogP contribution is -2.04. The Balaban J connectivity index is 1.72. The Morgan fingerprint density at radius 3 is 2.65 bits per heavy atom. The molecule has 4 aromatic rings. The number of fused-ring (bicyclic) bond motifs is 1. The van der Waals surface area contributed by atoms with Crippen molar-refractivity contribution in [1.29, 1.82) is 0 Å². The lowest BCUT2D eigenvalue weighted by atomic mass is 10.1. The molecule has 0 radical (unpaired) electrons. The van der Waals surface area contributed by atoms with E-state index in [-0.39, 0.29) is 5.43 Å². The van der Waals surface area contributed by atoms with Crippen LogP contribution in [0.15, 0.2) is 76.3 Å². The van der Waals surface area contributed by atoms with Crippen LogP contribution < -0.4 is 5.43 Å². The molecule has 0 saturated heterocycles. The molecule has 2 aromatic heterocycles. The van der Waals surface area contributed by atoms with Crippen molar-refractivity contribution in [3.8, 4) is 11.3 Å². The first kappa shape index (κ1) is 13.5. The summed E-state index contributed by atoms with van der Waals surface area (Å²) >= 11 is 0. The van der Waals surface area contributed by atoms with Crippen molar-refractivity contribution in [2.45, 2.75) is 6.54 Å². The Bertz CT molecular complexity index is 1020. The van der Waals surface area contributed by atoms with Crippen LogP contribution in [0.3, 0.4) is 0 Å². The summed E-state index contributed by atoms with van der Waals surface area (Å²) in [5.74, 6) is 0. The van der Waals surface area contributed by atoms with E-state index in [0.717, 1.165) is 5.56 Å². The molecular formula is C18H13N3O2. The minimum atomic E-state index is -0.0985. The SMILES string of the molecule is O=c1c(-c2cn(Cc3ccccc3)nn2)coc2ccccc12. The molecule has 0 amide bonds. The third kappa shape index (κ3) is 2.53. The van der Waals surface area contributed by atoms with E-state index in [9.17, 15) is 4.79 Å². The summed E-state index contributed by atoms with van der Waals surface area (Å²) in [7, 11) is 0. The lowest BCUT2D eigenvalue weighted by molar-refractivity contribution is 0.604. The average molecular weight is 303 g/mol. The first-order valence-electron chi connectivity index (χ1n) is 7.26. The number of para-hydroxylation sites is 1. The molecule has 5 heteroatoms. The van der Waals surface area contributed by atoms with Crippen LogP contribution in [0, 0.1) is 0 Å². The number of rotatable bonds is 3. The average Bonchev–Trinajstić information content (AvgIpc) is 3.04. The molecule has 0 atom stereocenters. The number of hydrogen-bond donors (Lipinski definition) is 0. The fourth-order valence-corrected chi connectivity index (χ4v) is 2.52. The van der Waals surface area contributed by atoms with Crippen LogP contribution in [0.2, 0.25) is 0 Å². The minimum Gasteiger partial charge on any atom is -0.463 e.